The van der Waals surface area contributed by atoms with Crippen molar-refractivity contribution in [2.45, 2.75) is 0 Å². The molecule has 0 aliphatic carbocycles. The molecule has 0 aromatic carbocycles. The summed E-state index contributed by atoms with van der Waals surface area (Å²) in [4.78, 5) is 23.9. The lowest BCUT2D eigenvalue weighted by molar-refractivity contribution is 0.0949. The molecule has 1 aromatic rings. The summed E-state index contributed by atoms with van der Waals surface area (Å²) >= 11 is 0. The third kappa shape index (κ3) is 1.43. The highest BCUT2D eigenvalue weighted by Gasteiger charge is 2.08. The van der Waals surface area contributed by atoms with Gasteiger partial charge in [0.2, 0.25) is 5.91 Å². The van der Waals surface area contributed by atoms with Crippen LogP contribution in [-0.2, 0) is 0 Å². The van der Waals surface area contributed by atoms with Gasteiger partial charge in [-0.15, -0.1) is 0 Å². The maximum absolute atomic E-state index is 10.8. The number of H-pyrrole nitrogens is 1. The van der Waals surface area contributed by atoms with E-state index >= 15 is 0 Å². The Kier molecular flexibility index (Phi) is 2.11. The van der Waals surface area contributed by atoms with E-state index in [0.29, 0.717) is 0 Å². The molecule has 12 heavy (non-hydrogen) atoms. The Morgan fingerprint density at radius 3 is 2.58 bits per heavy atom. The predicted octanol–water partition coefficient (Wildman–Crippen LogP) is -1.28. The topological polar surface area (TPSA) is 114 Å². The third-order valence-electron chi connectivity index (χ3n) is 1.34. The van der Waals surface area contributed by atoms with Crippen molar-refractivity contribution in [2.75, 3.05) is 0 Å². The molecular weight excluding hydrogens is 160 g/mol. The number of carbonyl (C=O) groups is 2. The van der Waals surface area contributed by atoms with Gasteiger partial charge in [0.1, 0.15) is 5.69 Å². The van der Waals surface area contributed by atoms with Crippen molar-refractivity contribution in [2.24, 2.45) is 11.6 Å². The van der Waals surface area contributed by atoms with Gasteiger partial charge in [-0.3, -0.25) is 15.0 Å². The number of amides is 2. The van der Waals surface area contributed by atoms with Crippen LogP contribution < -0.4 is 17.0 Å². The number of hydrogen-bond acceptors (Lipinski definition) is 3. The van der Waals surface area contributed by atoms with Crippen molar-refractivity contribution in [1.29, 1.82) is 0 Å². The predicted molar refractivity (Wildman–Crippen MR) is 41.0 cm³/mol. The van der Waals surface area contributed by atoms with Crippen LogP contribution in [0, 0.1) is 0 Å². The molecule has 0 saturated heterocycles. The van der Waals surface area contributed by atoms with Crippen molar-refractivity contribution in [3.05, 3.63) is 23.5 Å². The molecule has 0 unspecified atom stereocenters. The molecule has 0 aliphatic heterocycles. The normalized spacial score (nSPS) is 9.42. The standard InChI is InChI=1S/C6H8N4O2/c7-5(11)3-1-4(9-2-3)6(12)10-8/h1-2,9H,8H2,(H2,7,11)(H,10,12). The minimum Gasteiger partial charge on any atom is -0.366 e. The summed E-state index contributed by atoms with van der Waals surface area (Å²) in [6.45, 7) is 0. The Morgan fingerprint density at radius 2 is 2.17 bits per heavy atom. The second-order valence-electron chi connectivity index (χ2n) is 2.14. The van der Waals surface area contributed by atoms with E-state index in [0.717, 1.165) is 0 Å². The molecule has 6 heteroatoms. The SMILES string of the molecule is NNC(=O)c1cc(C(N)=O)c[nH]1. The van der Waals surface area contributed by atoms with Crippen molar-refractivity contribution in [3.8, 4) is 0 Å². The van der Waals surface area contributed by atoms with Crippen LogP contribution in [0.25, 0.3) is 0 Å². The smallest absolute Gasteiger partial charge is 0.281 e. The van der Waals surface area contributed by atoms with E-state index in [1.165, 1.54) is 12.3 Å². The minimum absolute atomic E-state index is 0.200. The first-order chi connectivity index (χ1) is 5.65. The highest BCUT2D eigenvalue weighted by Crippen LogP contribution is 2.01. The van der Waals surface area contributed by atoms with E-state index in [-0.39, 0.29) is 11.3 Å². The average molecular weight is 168 g/mol. The van der Waals surface area contributed by atoms with Crippen LogP contribution in [-0.4, -0.2) is 16.8 Å². The van der Waals surface area contributed by atoms with Crippen LogP contribution in [0.2, 0.25) is 0 Å². The quantitative estimate of drug-likeness (QED) is 0.250. The molecule has 6 nitrogen and oxygen atoms in total. The lowest BCUT2D eigenvalue weighted by Gasteiger charge is -1.92. The van der Waals surface area contributed by atoms with Crippen LogP contribution in [0.5, 0.6) is 0 Å². The van der Waals surface area contributed by atoms with E-state index in [2.05, 4.69) is 4.98 Å². The number of rotatable bonds is 2. The first-order valence-corrected chi connectivity index (χ1v) is 3.14. The largest absolute Gasteiger partial charge is 0.366 e. The van der Waals surface area contributed by atoms with E-state index in [1.807, 2.05) is 5.43 Å². The fraction of sp³-hybridized carbons (Fsp3) is 0. The zero-order valence-corrected chi connectivity index (χ0v) is 6.13. The molecule has 6 N–H and O–H groups in total. The van der Waals surface area contributed by atoms with E-state index in [4.69, 9.17) is 11.6 Å². The molecule has 1 heterocycles. The second kappa shape index (κ2) is 3.05. The lowest BCUT2D eigenvalue weighted by Crippen LogP contribution is -2.30. The molecule has 0 radical (unpaired) electrons. The van der Waals surface area contributed by atoms with Gasteiger partial charge in [-0.25, -0.2) is 5.84 Å². The monoisotopic (exact) mass is 168 g/mol. The zero-order chi connectivity index (χ0) is 9.14. The van der Waals surface area contributed by atoms with Crippen molar-refractivity contribution in [1.82, 2.24) is 10.4 Å². The molecule has 1 aromatic heterocycles. The number of hydrogen-bond donors (Lipinski definition) is 4. The molecular formula is C6H8N4O2. The second-order valence-corrected chi connectivity index (χ2v) is 2.14. The van der Waals surface area contributed by atoms with Gasteiger partial charge in [0.15, 0.2) is 0 Å². The lowest BCUT2D eigenvalue weighted by atomic mass is 10.3. The number of carbonyl (C=O) groups excluding carboxylic acids is 2. The van der Waals surface area contributed by atoms with Gasteiger partial charge in [-0.2, -0.15) is 0 Å². The summed E-state index contributed by atoms with van der Waals surface area (Å²) < 4.78 is 0. The average Bonchev–Trinajstić information content (AvgIpc) is 2.51. The number of aromatic amines is 1. The molecule has 0 fully saturated rings. The molecule has 64 valence electrons. The van der Waals surface area contributed by atoms with Crippen LogP contribution >= 0.6 is 0 Å². The van der Waals surface area contributed by atoms with Gasteiger partial charge >= 0.3 is 0 Å². The number of nitrogen functional groups attached to an aromatic ring is 1. The molecule has 0 aliphatic rings. The first kappa shape index (κ1) is 8.28. The number of primary amides is 1. The first-order valence-electron chi connectivity index (χ1n) is 3.14. The Bertz CT molecular complexity index is 317. The van der Waals surface area contributed by atoms with Crippen molar-refractivity contribution in [3.63, 3.8) is 0 Å². The molecule has 0 spiro atoms. The van der Waals surface area contributed by atoms with Crippen LogP contribution in [0.4, 0.5) is 0 Å². The van der Waals surface area contributed by atoms with Gasteiger partial charge in [-0.1, -0.05) is 0 Å². The van der Waals surface area contributed by atoms with Crippen LogP contribution in [0.15, 0.2) is 12.3 Å². The number of hydrazine groups is 1. The summed E-state index contributed by atoms with van der Waals surface area (Å²) in [6, 6.07) is 1.32. The maximum Gasteiger partial charge on any atom is 0.281 e. The summed E-state index contributed by atoms with van der Waals surface area (Å²) in [7, 11) is 0. The summed E-state index contributed by atoms with van der Waals surface area (Å²) in [5.41, 5.74) is 7.30. The van der Waals surface area contributed by atoms with E-state index < -0.39 is 11.8 Å². The number of nitrogens with one attached hydrogen (secondary N) is 2. The Morgan fingerprint density at radius 1 is 1.50 bits per heavy atom. The summed E-state index contributed by atoms with van der Waals surface area (Å²) in [5.74, 6) is 3.76. The van der Waals surface area contributed by atoms with Gasteiger partial charge in [0.25, 0.3) is 5.91 Å². The van der Waals surface area contributed by atoms with Gasteiger partial charge in [0.05, 0.1) is 5.56 Å². The highest BCUT2D eigenvalue weighted by molar-refractivity contribution is 5.98. The summed E-state index contributed by atoms with van der Waals surface area (Å²) in [5, 5.41) is 0. The fourth-order valence-corrected chi connectivity index (χ4v) is 0.745. The highest BCUT2D eigenvalue weighted by atomic mass is 16.2. The van der Waals surface area contributed by atoms with Crippen molar-refractivity contribution >= 4 is 11.8 Å². The van der Waals surface area contributed by atoms with Gasteiger partial charge < -0.3 is 10.7 Å². The zero-order valence-electron chi connectivity index (χ0n) is 6.13. The minimum atomic E-state index is -0.595. The Balaban J connectivity index is 2.91. The molecule has 0 atom stereocenters. The Hall–Kier alpha value is -1.82. The molecule has 2 amide bonds. The number of aromatic nitrogens is 1. The summed E-state index contributed by atoms with van der Waals surface area (Å²) in [6.07, 6.45) is 1.34. The van der Waals surface area contributed by atoms with Gasteiger partial charge in [0, 0.05) is 6.20 Å². The van der Waals surface area contributed by atoms with Crippen molar-refractivity contribution < 1.29 is 9.59 Å². The fourth-order valence-electron chi connectivity index (χ4n) is 0.745. The van der Waals surface area contributed by atoms with Crippen LogP contribution in [0.1, 0.15) is 20.8 Å². The van der Waals surface area contributed by atoms with Crippen LogP contribution in [0.3, 0.4) is 0 Å². The third-order valence-corrected chi connectivity index (χ3v) is 1.34. The number of nitrogens with two attached hydrogens (primary N) is 2. The van der Waals surface area contributed by atoms with Gasteiger partial charge in [-0.05, 0) is 6.07 Å². The van der Waals surface area contributed by atoms with E-state index in [9.17, 15) is 9.59 Å². The Labute approximate surface area is 67.9 Å². The molecule has 1 rings (SSSR count). The molecule has 0 saturated carbocycles. The molecule has 0 bridgehead atoms. The van der Waals surface area contributed by atoms with E-state index in [1.54, 1.807) is 0 Å². The maximum atomic E-state index is 10.8.